The van der Waals surface area contributed by atoms with Gasteiger partial charge >= 0.3 is 0 Å². The minimum absolute atomic E-state index is 0.184. The molecule has 168 valence electrons. The fourth-order valence-corrected chi connectivity index (χ4v) is 5.63. The van der Waals surface area contributed by atoms with E-state index in [0.717, 1.165) is 38.1 Å². The molecule has 3 rings (SSSR count). The number of thioether (sulfide) groups is 2. The summed E-state index contributed by atoms with van der Waals surface area (Å²) in [6.45, 7) is 6.20. The van der Waals surface area contributed by atoms with E-state index < -0.39 is 0 Å². The first-order valence-electron chi connectivity index (χ1n) is 10.1. The highest BCUT2D eigenvalue weighted by molar-refractivity contribution is 8.03. The van der Waals surface area contributed by atoms with Gasteiger partial charge in [0.05, 0.1) is 12.0 Å². The molecule has 10 heteroatoms. The summed E-state index contributed by atoms with van der Waals surface area (Å²) < 4.78 is 1.63. The van der Waals surface area contributed by atoms with Crippen LogP contribution in [0.15, 0.2) is 62.3 Å². The molecule has 0 unspecified atom stereocenters. The molecule has 0 saturated heterocycles. The molecule has 0 atom stereocenters. The Morgan fingerprint density at radius 2 is 1.72 bits per heavy atom. The lowest BCUT2D eigenvalue weighted by Gasteiger charge is -2.20. The zero-order valence-electron chi connectivity index (χ0n) is 17.8. The lowest BCUT2D eigenvalue weighted by molar-refractivity contribution is -0.118. The zero-order chi connectivity index (χ0) is 22.8. The average Bonchev–Trinajstić information content (AvgIpc) is 3.27. The number of carbonyl (C=O) groups is 1. The van der Waals surface area contributed by atoms with Gasteiger partial charge in [0.1, 0.15) is 0 Å². The van der Waals surface area contributed by atoms with E-state index >= 15 is 0 Å². The third kappa shape index (κ3) is 7.81. The first-order chi connectivity index (χ1) is 15.6. The van der Waals surface area contributed by atoms with Crippen molar-refractivity contribution in [3.63, 3.8) is 0 Å². The van der Waals surface area contributed by atoms with Crippen molar-refractivity contribution in [2.45, 2.75) is 28.3 Å². The minimum Gasteiger partial charge on any atom is -0.372 e. The highest BCUT2D eigenvalue weighted by Gasteiger charge is 2.09. The maximum absolute atomic E-state index is 12.1. The number of nitrogens with zero attached hydrogens (tertiary/aromatic N) is 4. The minimum atomic E-state index is -0.184. The lowest BCUT2D eigenvalue weighted by atomic mass is 10.2. The number of hydrogen-bond acceptors (Lipinski definition) is 8. The number of amides is 1. The van der Waals surface area contributed by atoms with Crippen molar-refractivity contribution < 1.29 is 4.79 Å². The molecule has 0 radical (unpaired) electrons. The van der Waals surface area contributed by atoms with Crippen LogP contribution >= 0.6 is 46.5 Å². The maximum atomic E-state index is 12.1. The zero-order valence-corrected chi connectivity index (χ0v) is 21.0. The largest absolute Gasteiger partial charge is 0.372 e. The Labute approximate surface area is 205 Å². The summed E-state index contributed by atoms with van der Waals surface area (Å²) in [7, 11) is 0. The molecule has 0 aliphatic carbocycles. The van der Waals surface area contributed by atoms with Crippen LogP contribution in [0.2, 0.25) is 5.02 Å². The van der Waals surface area contributed by atoms with Gasteiger partial charge in [0, 0.05) is 29.6 Å². The molecule has 0 bridgehead atoms. The number of anilines is 1. The molecule has 0 aliphatic rings. The van der Waals surface area contributed by atoms with Crippen molar-refractivity contribution in [2.75, 3.05) is 23.7 Å². The van der Waals surface area contributed by atoms with Crippen LogP contribution in [0, 0.1) is 0 Å². The molecule has 32 heavy (non-hydrogen) atoms. The summed E-state index contributed by atoms with van der Waals surface area (Å²) in [5.41, 5.74) is 5.84. The van der Waals surface area contributed by atoms with E-state index in [9.17, 15) is 4.79 Å². The van der Waals surface area contributed by atoms with Crippen LogP contribution in [0.1, 0.15) is 25.0 Å². The first kappa shape index (κ1) is 24.6. The van der Waals surface area contributed by atoms with Gasteiger partial charge < -0.3 is 4.90 Å². The maximum Gasteiger partial charge on any atom is 0.250 e. The third-order valence-corrected chi connectivity index (χ3v) is 7.93. The van der Waals surface area contributed by atoms with Crippen LogP contribution in [-0.4, -0.2) is 41.2 Å². The van der Waals surface area contributed by atoms with E-state index in [2.05, 4.69) is 51.6 Å². The lowest BCUT2D eigenvalue weighted by Crippen LogP contribution is -2.21. The standard InChI is InChI=1S/C22H24ClN5OS3/c1-3-28(4-2)19-11-7-16(8-12-19)13-24-25-20(29)15-31-22-27-26-21(32-22)30-14-17-5-9-18(23)10-6-17/h5-13H,3-4,14-15H2,1-2H3,(H,25,29)/b24-13-. The van der Waals surface area contributed by atoms with Crippen molar-refractivity contribution in [2.24, 2.45) is 5.10 Å². The van der Waals surface area contributed by atoms with E-state index in [-0.39, 0.29) is 11.7 Å². The number of halogens is 1. The van der Waals surface area contributed by atoms with Crippen molar-refractivity contribution >= 4 is 64.3 Å². The molecular formula is C22H24ClN5OS3. The van der Waals surface area contributed by atoms with E-state index in [4.69, 9.17) is 11.6 Å². The van der Waals surface area contributed by atoms with Gasteiger partial charge in [-0.25, -0.2) is 5.43 Å². The van der Waals surface area contributed by atoms with Crippen LogP contribution in [-0.2, 0) is 10.5 Å². The monoisotopic (exact) mass is 505 g/mol. The molecular weight excluding hydrogens is 482 g/mol. The molecule has 0 aliphatic heterocycles. The molecule has 2 aromatic carbocycles. The fourth-order valence-electron chi connectivity index (χ4n) is 2.74. The fraction of sp³-hybridized carbons (Fsp3) is 0.273. The Balaban J connectivity index is 1.39. The Morgan fingerprint density at radius 3 is 2.38 bits per heavy atom. The second kappa shape index (κ2) is 12.8. The highest BCUT2D eigenvalue weighted by atomic mass is 35.5. The van der Waals surface area contributed by atoms with E-state index in [1.807, 2.05) is 36.4 Å². The molecule has 0 saturated carbocycles. The highest BCUT2D eigenvalue weighted by Crippen LogP contribution is 2.30. The predicted octanol–water partition coefficient (Wildman–Crippen LogP) is 5.57. The van der Waals surface area contributed by atoms with Crippen molar-refractivity contribution in [3.05, 3.63) is 64.7 Å². The molecule has 1 heterocycles. The Morgan fingerprint density at radius 1 is 1.06 bits per heavy atom. The first-order valence-corrected chi connectivity index (χ1v) is 13.2. The number of nitrogens with one attached hydrogen (secondary N) is 1. The second-order valence-electron chi connectivity index (χ2n) is 6.59. The normalized spacial score (nSPS) is 11.1. The Bertz CT molecular complexity index is 1020. The van der Waals surface area contributed by atoms with Crippen LogP contribution in [0.25, 0.3) is 0 Å². The summed E-state index contributed by atoms with van der Waals surface area (Å²) in [6.07, 6.45) is 1.64. The second-order valence-corrected chi connectivity index (χ2v) is 10.5. The third-order valence-electron chi connectivity index (χ3n) is 4.41. The van der Waals surface area contributed by atoms with Gasteiger partial charge in [-0.3, -0.25) is 4.79 Å². The molecule has 0 fully saturated rings. The molecule has 1 N–H and O–H groups in total. The molecule has 1 aromatic heterocycles. The predicted molar refractivity (Wildman–Crippen MR) is 137 cm³/mol. The number of aromatic nitrogens is 2. The van der Waals surface area contributed by atoms with E-state index in [1.54, 1.807) is 18.0 Å². The molecule has 1 amide bonds. The SMILES string of the molecule is CCN(CC)c1ccc(/C=N\NC(=O)CSc2nnc(SCc3ccc(Cl)cc3)s2)cc1. The van der Waals surface area contributed by atoms with Crippen molar-refractivity contribution in [1.29, 1.82) is 0 Å². The van der Waals surface area contributed by atoms with Crippen LogP contribution in [0.5, 0.6) is 0 Å². The van der Waals surface area contributed by atoms with Gasteiger partial charge in [0.25, 0.3) is 5.91 Å². The number of carbonyl (C=O) groups excluding carboxylic acids is 1. The van der Waals surface area contributed by atoms with E-state index in [0.29, 0.717) is 0 Å². The summed E-state index contributed by atoms with van der Waals surface area (Å²) in [4.78, 5) is 14.3. The van der Waals surface area contributed by atoms with Gasteiger partial charge in [-0.05, 0) is 49.2 Å². The molecule has 3 aromatic rings. The number of hydrogen-bond donors (Lipinski definition) is 1. The summed E-state index contributed by atoms with van der Waals surface area (Å²) in [6, 6.07) is 15.8. The van der Waals surface area contributed by atoms with Crippen LogP contribution in [0.4, 0.5) is 5.69 Å². The average molecular weight is 506 g/mol. The number of hydrazone groups is 1. The van der Waals surface area contributed by atoms with Gasteiger partial charge in [0.15, 0.2) is 8.68 Å². The smallest absolute Gasteiger partial charge is 0.250 e. The van der Waals surface area contributed by atoms with Crippen molar-refractivity contribution in [1.82, 2.24) is 15.6 Å². The topological polar surface area (TPSA) is 70.5 Å². The Hall–Kier alpha value is -2.07. The molecule has 6 nitrogen and oxygen atoms in total. The van der Waals surface area contributed by atoms with Crippen LogP contribution in [0.3, 0.4) is 0 Å². The number of benzene rings is 2. The summed E-state index contributed by atoms with van der Waals surface area (Å²) in [5.74, 6) is 0.840. The van der Waals surface area contributed by atoms with E-state index in [1.165, 1.54) is 34.3 Å². The van der Waals surface area contributed by atoms with Crippen LogP contribution < -0.4 is 10.3 Å². The van der Waals surface area contributed by atoms with Gasteiger partial charge in [-0.15, -0.1) is 10.2 Å². The Kier molecular flexibility index (Phi) is 9.86. The van der Waals surface area contributed by atoms with Gasteiger partial charge in [-0.2, -0.15) is 5.10 Å². The van der Waals surface area contributed by atoms with Gasteiger partial charge in [0.2, 0.25) is 0 Å². The molecule has 0 spiro atoms. The summed E-state index contributed by atoms with van der Waals surface area (Å²) in [5, 5.41) is 13.1. The van der Waals surface area contributed by atoms with Gasteiger partial charge in [-0.1, -0.05) is 70.7 Å². The quantitative estimate of drug-likeness (QED) is 0.208. The van der Waals surface area contributed by atoms with Crippen molar-refractivity contribution in [3.8, 4) is 0 Å². The summed E-state index contributed by atoms with van der Waals surface area (Å²) >= 11 is 10.4. The number of rotatable bonds is 11.